The smallest absolute Gasteiger partial charge is 0.187 e. The van der Waals surface area contributed by atoms with E-state index in [1.54, 1.807) is 31.3 Å². The van der Waals surface area contributed by atoms with Crippen LogP contribution in [-0.2, 0) is 5.75 Å². The van der Waals surface area contributed by atoms with Gasteiger partial charge in [-0.25, -0.2) is 15.0 Å². The zero-order chi connectivity index (χ0) is 21.8. The number of ether oxygens (including phenoxy) is 1. The molecule has 5 aromatic rings. The molecule has 0 fully saturated rings. The van der Waals surface area contributed by atoms with Gasteiger partial charge < -0.3 is 4.74 Å². The van der Waals surface area contributed by atoms with Gasteiger partial charge in [0.05, 0.1) is 18.3 Å². The molecule has 0 saturated carbocycles. The average Bonchev–Trinajstić information content (AvgIpc) is 2.87. The van der Waals surface area contributed by atoms with Crippen molar-refractivity contribution in [2.45, 2.75) is 10.9 Å². The molecule has 3 aromatic carbocycles. The van der Waals surface area contributed by atoms with Crippen LogP contribution in [0, 0.1) is 0 Å². The number of aromatic nitrogens is 3. The first-order valence-electron chi connectivity index (χ1n) is 10.3. The molecule has 0 saturated heterocycles. The van der Waals surface area contributed by atoms with Crippen LogP contribution >= 0.6 is 11.8 Å². The summed E-state index contributed by atoms with van der Waals surface area (Å²) in [4.78, 5) is 13.6. The summed E-state index contributed by atoms with van der Waals surface area (Å²) in [6, 6.07) is 29.0. The van der Waals surface area contributed by atoms with Crippen molar-refractivity contribution >= 4 is 22.7 Å². The first-order chi connectivity index (χ1) is 15.8. The van der Waals surface area contributed by atoms with Crippen LogP contribution in [0.1, 0.15) is 5.56 Å². The highest BCUT2D eigenvalue weighted by Gasteiger charge is 2.12. The molecule has 5 rings (SSSR count). The number of rotatable bonds is 6. The maximum atomic E-state index is 5.61. The van der Waals surface area contributed by atoms with Crippen LogP contribution in [0.5, 0.6) is 5.75 Å². The van der Waals surface area contributed by atoms with Gasteiger partial charge in [-0.1, -0.05) is 60.3 Å². The van der Waals surface area contributed by atoms with E-state index in [1.807, 2.05) is 24.3 Å². The lowest BCUT2D eigenvalue weighted by atomic mass is 9.98. The molecule has 32 heavy (non-hydrogen) atoms. The van der Waals surface area contributed by atoms with E-state index in [4.69, 9.17) is 9.72 Å². The fraction of sp³-hybridized carbons (Fsp3) is 0.0741. The summed E-state index contributed by atoms with van der Waals surface area (Å²) < 4.78 is 5.61. The molecule has 0 radical (unpaired) electrons. The van der Waals surface area contributed by atoms with Gasteiger partial charge in [0.15, 0.2) is 5.16 Å². The lowest BCUT2D eigenvalue weighted by Gasteiger charge is -2.13. The SMILES string of the molecule is COc1ccc(-c2cc(-c3ccccc3)c3ccccc3n2)cc1CSc1ncccn1. The molecular formula is C27H21N3OS. The van der Waals surface area contributed by atoms with E-state index in [1.165, 1.54) is 11.1 Å². The molecule has 0 aliphatic rings. The molecule has 2 aromatic heterocycles. The van der Waals surface area contributed by atoms with E-state index >= 15 is 0 Å². The number of benzene rings is 3. The number of pyridine rings is 1. The number of fused-ring (bicyclic) bond motifs is 1. The van der Waals surface area contributed by atoms with Crippen molar-refractivity contribution in [2.24, 2.45) is 0 Å². The summed E-state index contributed by atoms with van der Waals surface area (Å²) in [5.41, 5.74) is 6.41. The lowest BCUT2D eigenvalue weighted by Crippen LogP contribution is -1.94. The van der Waals surface area contributed by atoms with Gasteiger partial charge in [-0.05, 0) is 47.5 Å². The van der Waals surface area contributed by atoms with Crippen molar-refractivity contribution in [3.8, 4) is 28.1 Å². The highest BCUT2D eigenvalue weighted by atomic mass is 32.2. The van der Waals surface area contributed by atoms with E-state index in [0.29, 0.717) is 5.75 Å². The number of nitrogens with zero attached hydrogens (tertiary/aromatic N) is 3. The van der Waals surface area contributed by atoms with Gasteiger partial charge in [0.2, 0.25) is 0 Å². The van der Waals surface area contributed by atoms with E-state index in [9.17, 15) is 0 Å². The fourth-order valence-electron chi connectivity index (χ4n) is 3.73. The number of hydrogen-bond donors (Lipinski definition) is 0. The number of methoxy groups -OCH3 is 1. The largest absolute Gasteiger partial charge is 0.496 e. The minimum absolute atomic E-state index is 0.708. The Morgan fingerprint density at radius 1 is 0.781 bits per heavy atom. The van der Waals surface area contributed by atoms with Crippen molar-refractivity contribution < 1.29 is 4.74 Å². The third kappa shape index (κ3) is 4.20. The van der Waals surface area contributed by atoms with E-state index in [2.05, 4.69) is 70.6 Å². The minimum Gasteiger partial charge on any atom is -0.496 e. The van der Waals surface area contributed by atoms with E-state index in [-0.39, 0.29) is 0 Å². The zero-order valence-corrected chi connectivity index (χ0v) is 18.4. The van der Waals surface area contributed by atoms with Gasteiger partial charge in [-0.3, -0.25) is 0 Å². The lowest BCUT2D eigenvalue weighted by molar-refractivity contribution is 0.411. The number of thioether (sulfide) groups is 1. The van der Waals surface area contributed by atoms with Gasteiger partial charge in [-0.2, -0.15) is 0 Å². The van der Waals surface area contributed by atoms with Crippen LogP contribution in [0.3, 0.4) is 0 Å². The van der Waals surface area contributed by atoms with Crippen molar-refractivity contribution in [1.29, 1.82) is 0 Å². The van der Waals surface area contributed by atoms with Crippen molar-refractivity contribution in [2.75, 3.05) is 7.11 Å². The molecule has 5 heteroatoms. The first kappa shape index (κ1) is 20.2. The predicted molar refractivity (Wildman–Crippen MR) is 131 cm³/mol. The molecule has 4 nitrogen and oxygen atoms in total. The van der Waals surface area contributed by atoms with E-state index in [0.717, 1.165) is 38.6 Å². The summed E-state index contributed by atoms with van der Waals surface area (Å²) in [6.07, 6.45) is 3.51. The Hall–Kier alpha value is -3.70. The molecule has 0 aliphatic carbocycles. The highest BCUT2D eigenvalue weighted by Crippen LogP contribution is 2.34. The molecule has 0 aliphatic heterocycles. The molecule has 0 amide bonds. The summed E-state index contributed by atoms with van der Waals surface area (Å²) >= 11 is 1.59. The molecule has 156 valence electrons. The third-order valence-corrected chi connectivity index (χ3v) is 6.20. The van der Waals surface area contributed by atoms with Crippen LogP contribution in [0.2, 0.25) is 0 Å². The normalized spacial score (nSPS) is 10.9. The van der Waals surface area contributed by atoms with E-state index < -0.39 is 0 Å². The minimum atomic E-state index is 0.708. The molecule has 0 bridgehead atoms. The van der Waals surface area contributed by atoms with Gasteiger partial charge >= 0.3 is 0 Å². The van der Waals surface area contributed by atoms with Crippen LogP contribution < -0.4 is 4.74 Å². The summed E-state index contributed by atoms with van der Waals surface area (Å²) in [5.74, 6) is 1.56. The Bertz CT molecular complexity index is 1360. The second-order valence-corrected chi connectivity index (χ2v) is 8.23. The summed E-state index contributed by atoms with van der Waals surface area (Å²) in [5, 5.41) is 1.89. The maximum Gasteiger partial charge on any atom is 0.187 e. The monoisotopic (exact) mass is 435 g/mol. The second kappa shape index (κ2) is 9.20. The van der Waals surface area contributed by atoms with Gasteiger partial charge in [0.25, 0.3) is 0 Å². The Balaban J connectivity index is 1.58. The fourth-order valence-corrected chi connectivity index (χ4v) is 4.51. The second-order valence-electron chi connectivity index (χ2n) is 7.28. The zero-order valence-electron chi connectivity index (χ0n) is 17.6. The van der Waals surface area contributed by atoms with Crippen LogP contribution in [0.15, 0.2) is 102 Å². The molecular weight excluding hydrogens is 414 g/mol. The van der Waals surface area contributed by atoms with Crippen LogP contribution in [0.25, 0.3) is 33.3 Å². The van der Waals surface area contributed by atoms with Gasteiger partial charge in [0, 0.05) is 34.7 Å². The molecule has 2 heterocycles. The molecule has 0 unspecified atom stereocenters. The molecule has 0 atom stereocenters. The number of para-hydroxylation sites is 1. The van der Waals surface area contributed by atoms with Crippen molar-refractivity contribution in [1.82, 2.24) is 15.0 Å². The third-order valence-electron chi connectivity index (χ3n) is 5.28. The van der Waals surface area contributed by atoms with Gasteiger partial charge in [0.1, 0.15) is 5.75 Å². The summed E-state index contributed by atoms with van der Waals surface area (Å²) in [7, 11) is 1.70. The van der Waals surface area contributed by atoms with Gasteiger partial charge in [-0.15, -0.1) is 0 Å². The standard InChI is InChI=1S/C27H21N3OS/c1-31-26-13-12-20(16-21(26)18-32-27-28-14-7-15-29-27)25-17-23(19-8-3-2-4-9-19)22-10-5-6-11-24(22)30-25/h2-17H,18H2,1H3. The topological polar surface area (TPSA) is 47.9 Å². The average molecular weight is 436 g/mol. The highest BCUT2D eigenvalue weighted by molar-refractivity contribution is 7.98. The number of hydrogen-bond acceptors (Lipinski definition) is 5. The Labute approximate surface area is 191 Å². The Kier molecular flexibility index (Phi) is 5.81. The van der Waals surface area contributed by atoms with Crippen LogP contribution in [-0.4, -0.2) is 22.1 Å². The summed E-state index contributed by atoms with van der Waals surface area (Å²) in [6.45, 7) is 0. The first-order valence-corrected chi connectivity index (χ1v) is 11.3. The maximum absolute atomic E-state index is 5.61. The van der Waals surface area contributed by atoms with Crippen LogP contribution in [0.4, 0.5) is 0 Å². The quantitative estimate of drug-likeness (QED) is 0.220. The molecule has 0 N–H and O–H groups in total. The van der Waals surface area contributed by atoms with Crippen molar-refractivity contribution in [3.05, 3.63) is 103 Å². The predicted octanol–water partition coefficient (Wildman–Crippen LogP) is 6.66. The Morgan fingerprint density at radius 3 is 2.38 bits per heavy atom. The molecule has 0 spiro atoms. The van der Waals surface area contributed by atoms with Crippen molar-refractivity contribution in [3.63, 3.8) is 0 Å². The Morgan fingerprint density at radius 2 is 1.56 bits per heavy atom.